The van der Waals surface area contributed by atoms with Crippen LogP contribution in [0.1, 0.15) is 24.0 Å². The minimum Gasteiger partial charge on any atom is -0.473 e. The minimum absolute atomic E-state index is 0.0590. The summed E-state index contributed by atoms with van der Waals surface area (Å²) in [5.74, 6) is -2.93. The van der Waals surface area contributed by atoms with Crippen LogP contribution in [0.25, 0.3) is 0 Å². The van der Waals surface area contributed by atoms with Gasteiger partial charge in [0.2, 0.25) is 5.91 Å². The first kappa shape index (κ1) is 21.9. The van der Waals surface area contributed by atoms with Gasteiger partial charge in [0, 0.05) is 22.8 Å². The molecule has 1 fully saturated rings. The van der Waals surface area contributed by atoms with E-state index < -0.39 is 40.6 Å². The molecular formula is C23H18Cl2FN3O4. The third-order valence-corrected chi connectivity index (χ3v) is 6.93. The first-order valence-corrected chi connectivity index (χ1v) is 11.0. The summed E-state index contributed by atoms with van der Waals surface area (Å²) in [7, 11) is 0. The number of nitrogens with one attached hydrogen (secondary N) is 2. The molecule has 170 valence electrons. The Morgan fingerprint density at radius 1 is 1.27 bits per heavy atom. The highest BCUT2D eigenvalue weighted by Crippen LogP contribution is 2.60. The number of carbonyl (C=O) groups is 2. The van der Waals surface area contributed by atoms with Crippen LogP contribution in [0.3, 0.4) is 0 Å². The van der Waals surface area contributed by atoms with E-state index in [4.69, 9.17) is 32.7 Å². The lowest BCUT2D eigenvalue weighted by molar-refractivity contribution is -0.145. The number of nitrogens with zero attached hydrogens (tertiary/aromatic N) is 1. The van der Waals surface area contributed by atoms with E-state index in [2.05, 4.69) is 15.6 Å². The summed E-state index contributed by atoms with van der Waals surface area (Å²) in [6.45, 7) is 1.78. The van der Waals surface area contributed by atoms with Gasteiger partial charge in [0.1, 0.15) is 11.5 Å². The van der Waals surface area contributed by atoms with Gasteiger partial charge in [-0.05, 0) is 48.4 Å². The fourth-order valence-electron chi connectivity index (χ4n) is 5.25. The molecule has 10 heteroatoms. The van der Waals surface area contributed by atoms with Crippen LogP contribution in [0.15, 0.2) is 55.1 Å². The Balaban J connectivity index is 1.87. The van der Waals surface area contributed by atoms with Crippen molar-refractivity contribution in [2.24, 2.45) is 0 Å². The Morgan fingerprint density at radius 2 is 2.03 bits per heavy atom. The van der Waals surface area contributed by atoms with Crippen molar-refractivity contribution in [3.05, 3.63) is 82.3 Å². The number of hydrogen-bond acceptors (Lipinski definition) is 6. The molecule has 2 aromatic rings. The lowest BCUT2D eigenvalue weighted by Gasteiger charge is -2.41. The van der Waals surface area contributed by atoms with Gasteiger partial charge in [0.05, 0.1) is 24.7 Å². The van der Waals surface area contributed by atoms with Gasteiger partial charge in [0.15, 0.2) is 11.0 Å². The Hall–Kier alpha value is -2.94. The summed E-state index contributed by atoms with van der Waals surface area (Å²) in [5.41, 5.74) is -1.68. The van der Waals surface area contributed by atoms with E-state index in [1.807, 2.05) is 0 Å². The highest BCUT2D eigenvalue weighted by Gasteiger charge is 2.72. The van der Waals surface area contributed by atoms with Crippen LogP contribution < -0.4 is 10.6 Å². The Labute approximate surface area is 198 Å². The fraction of sp³-hybridized carbons (Fsp3) is 0.261. The van der Waals surface area contributed by atoms with Crippen LogP contribution in [-0.4, -0.2) is 35.0 Å². The maximum absolute atomic E-state index is 15.4. The van der Waals surface area contributed by atoms with Crippen molar-refractivity contribution in [1.29, 1.82) is 0 Å². The topological polar surface area (TPSA) is 89.5 Å². The summed E-state index contributed by atoms with van der Waals surface area (Å²) in [6.07, 6.45) is 7.45. The van der Waals surface area contributed by atoms with Gasteiger partial charge in [-0.2, -0.15) is 0 Å². The molecule has 5 rings (SSSR count). The molecule has 7 nitrogen and oxygen atoms in total. The van der Waals surface area contributed by atoms with Crippen LogP contribution >= 0.6 is 23.2 Å². The second kappa shape index (κ2) is 7.83. The third kappa shape index (κ3) is 2.94. The van der Waals surface area contributed by atoms with E-state index in [0.717, 1.165) is 0 Å². The molecule has 0 saturated carbocycles. The summed E-state index contributed by atoms with van der Waals surface area (Å²) in [6, 6.07) is 5.30. The summed E-state index contributed by atoms with van der Waals surface area (Å²) < 4.78 is 26.0. The molecule has 33 heavy (non-hydrogen) atoms. The van der Waals surface area contributed by atoms with E-state index in [-0.39, 0.29) is 17.3 Å². The van der Waals surface area contributed by atoms with E-state index >= 15 is 4.39 Å². The van der Waals surface area contributed by atoms with Crippen LogP contribution in [0.5, 0.6) is 0 Å². The monoisotopic (exact) mass is 489 g/mol. The van der Waals surface area contributed by atoms with Crippen molar-refractivity contribution in [2.75, 3.05) is 11.9 Å². The number of esters is 1. The molecule has 1 aromatic carbocycles. The zero-order valence-corrected chi connectivity index (χ0v) is 18.8. The molecule has 0 radical (unpaired) electrons. The molecule has 3 aliphatic heterocycles. The zero-order valence-electron chi connectivity index (χ0n) is 17.3. The number of benzene rings is 1. The smallest absolute Gasteiger partial charge is 0.323 e. The largest absolute Gasteiger partial charge is 0.473 e. The molecule has 0 aliphatic carbocycles. The van der Waals surface area contributed by atoms with Gasteiger partial charge in [-0.25, -0.2) is 9.37 Å². The molecule has 0 bridgehead atoms. The Kier molecular flexibility index (Phi) is 5.19. The van der Waals surface area contributed by atoms with Gasteiger partial charge in [0.25, 0.3) is 0 Å². The normalized spacial score (nSPS) is 26.4. The molecule has 0 unspecified atom stereocenters. The number of carbonyl (C=O) groups excluding carboxylic acids is 2. The van der Waals surface area contributed by atoms with Crippen molar-refractivity contribution >= 4 is 40.8 Å². The number of rotatable bonds is 3. The molecule has 1 saturated heterocycles. The van der Waals surface area contributed by atoms with Crippen molar-refractivity contribution in [3.63, 3.8) is 0 Å². The van der Waals surface area contributed by atoms with Crippen LogP contribution in [-0.2, 0) is 24.5 Å². The number of pyridine rings is 1. The third-order valence-electron chi connectivity index (χ3n) is 6.43. The summed E-state index contributed by atoms with van der Waals surface area (Å²) in [5, 5.41) is 6.18. The Bertz CT molecular complexity index is 1220. The van der Waals surface area contributed by atoms with Gasteiger partial charge >= 0.3 is 5.97 Å². The number of amides is 1. The first-order valence-electron chi connectivity index (χ1n) is 10.2. The molecule has 3 aliphatic rings. The van der Waals surface area contributed by atoms with E-state index in [0.29, 0.717) is 16.3 Å². The van der Waals surface area contributed by atoms with Crippen LogP contribution in [0.2, 0.25) is 10.2 Å². The van der Waals surface area contributed by atoms with Gasteiger partial charge in [-0.1, -0.05) is 29.3 Å². The van der Waals surface area contributed by atoms with E-state index in [1.165, 1.54) is 24.8 Å². The maximum atomic E-state index is 15.4. The average molecular weight is 490 g/mol. The number of fused-ring (bicyclic) bond motifs is 3. The molecule has 1 amide bonds. The number of hydrogen-bond donors (Lipinski definition) is 2. The predicted octanol–water partition coefficient (Wildman–Crippen LogP) is 3.83. The SMILES string of the molecule is CCOC(=O)[C@@H]1NC2(C=COC=C2)[C@@]2(C(=O)Nc3cc(Cl)ccc32)[C@H]1c1ccnc(Cl)c1F. The first-order chi connectivity index (χ1) is 15.9. The van der Waals surface area contributed by atoms with Crippen molar-refractivity contribution < 1.29 is 23.5 Å². The molecular weight excluding hydrogens is 472 g/mol. The Morgan fingerprint density at radius 3 is 2.76 bits per heavy atom. The molecule has 2 spiro atoms. The highest BCUT2D eigenvalue weighted by molar-refractivity contribution is 6.31. The van der Waals surface area contributed by atoms with E-state index in [9.17, 15) is 9.59 Å². The summed E-state index contributed by atoms with van der Waals surface area (Å²) >= 11 is 12.2. The quantitative estimate of drug-likeness (QED) is 0.502. The molecule has 4 heterocycles. The number of aromatic nitrogens is 1. The molecule has 2 N–H and O–H groups in total. The van der Waals surface area contributed by atoms with Gasteiger partial charge in [-0.3, -0.25) is 14.9 Å². The predicted molar refractivity (Wildman–Crippen MR) is 119 cm³/mol. The van der Waals surface area contributed by atoms with Crippen molar-refractivity contribution in [3.8, 4) is 0 Å². The number of anilines is 1. The van der Waals surface area contributed by atoms with Gasteiger partial charge in [-0.15, -0.1) is 0 Å². The number of ether oxygens (including phenoxy) is 2. The lowest BCUT2D eigenvalue weighted by Crippen LogP contribution is -2.57. The van der Waals surface area contributed by atoms with E-state index in [1.54, 1.807) is 37.3 Å². The van der Waals surface area contributed by atoms with Crippen molar-refractivity contribution in [1.82, 2.24) is 10.3 Å². The van der Waals surface area contributed by atoms with Crippen molar-refractivity contribution in [2.45, 2.75) is 29.8 Å². The van der Waals surface area contributed by atoms with Gasteiger partial charge < -0.3 is 14.8 Å². The average Bonchev–Trinajstić information content (AvgIpc) is 3.24. The lowest BCUT2D eigenvalue weighted by atomic mass is 9.59. The number of halogens is 3. The highest BCUT2D eigenvalue weighted by atomic mass is 35.5. The minimum atomic E-state index is -1.51. The maximum Gasteiger partial charge on any atom is 0.323 e. The summed E-state index contributed by atoms with van der Waals surface area (Å²) in [4.78, 5) is 30.9. The second-order valence-electron chi connectivity index (χ2n) is 7.92. The van der Waals surface area contributed by atoms with Crippen LogP contribution in [0.4, 0.5) is 10.1 Å². The van der Waals surface area contributed by atoms with Crippen LogP contribution in [0, 0.1) is 5.82 Å². The molecule has 1 aromatic heterocycles. The second-order valence-corrected chi connectivity index (χ2v) is 8.71. The fourth-order valence-corrected chi connectivity index (χ4v) is 5.59. The zero-order chi connectivity index (χ0) is 23.4. The standard InChI is InChI=1S/C23H18Cl2FN3O4/c1-2-33-20(30)18-16(13-5-8-27-19(25)17(13)26)23(22(29-18)6-9-32-10-7-22)14-4-3-12(24)11-15(14)28-21(23)31/h3-11,16,18,29H,2H2,1H3,(H,28,31)/t16-,18+,23+/m0/s1. The molecule has 3 atom stereocenters.